The molecule has 108 valence electrons. The molecule has 0 bridgehead atoms. The first kappa shape index (κ1) is 16.1. The van der Waals surface area contributed by atoms with Crippen LogP contribution in [0.15, 0.2) is 12.1 Å². The van der Waals surface area contributed by atoms with Crippen molar-refractivity contribution >= 4 is 0 Å². The number of halogens is 2. The fourth-order valence-electron chi connectivity index (χ4n) is 1.77. The van der Waals surface area contributed by atoms with Gasteiger partial charge in [-0.1, -0.05) is 13.8 Å². The van der Waals surface area contributed by atoms with Gasteiger partial charge in [0.05, 0.1) is 6.61 Å². The van der Waals surface area contributed by atoms with E-state index in [9.17, 15) is 8.78 Å². The van der Waals surface area contributed by atoms with Gasteiger partial charge in [0.15, 0.2) is 0 Å². The quantitative estimate of drug-likeness (QED) is 0.765. The SMILES string of the molecule is Cc1cc(F)c(C(C)NCCOCC(C)C)cc1F. The summed E-state index contributed by atoms with van der Waals surface area (Å²) >= 11 is 0. The zero-order valence-corrected chi connectivity index (χ0v) is 12.1. The van der Waals surface area contributed by atoms with Crippen LogP contribution in [-0.4, -0.2) is 19.8 Å². The molecule has 1 rings (SSSR count). The standard InChI is InChI=1S/C15H23F2NO/c1-10(2)9-19-6-5-18-12(4)13-8-14(16)11(3)7-15(13)17/h7-8,10,12,18H,5-6,9H2,1-4H3. The van der Waals surface area contributed by atoms with E-state index in [4.69, 9.17) is 4.74 Å². The van der Waals surface area contributed by atoms with Crippen LogP contribution in [0.25, 0.3) is 0 Å². The lowest BCUT2D eigenvalue weighted by Crippen LogP contribution is -2.24. The molecule has 19 heavy (non-hydrogen) atoms. The summed E-state index contributed by atoms with van der Waals surface area (Å²) in [6.07, 6.45) is 0. The third-order valence-corrected chi connectivity index (χ3v) is 2.89. The average molecular weight is 271 g/mol. The molecule has 0 heterocycles. The molecule has 1 N–H and O–H groups in total. The minimum atomic E-state index is -0.374. The van der Waals surface area contributed by atoms with Crippen molar-refractivity contribution in [1.29, 1.82) is 0 Å². The highest BCUT2D eigenvalue weighted by Crippen LogP contribution is 2.20. The smallest absolute Gasteiger partial charge is 0.128 e. The van der Waals surface area contributed by atoms with Gasteiger partial charge in [0, 0.05) is 24.8 Å². The van der Waals surface area contributed by atoms with Gasteiger partial charge in [-0.2, -0.15) is 0 Å². The lowest BCUT2D eigenvalue weighted by Gasteiger charge is -2.16. The van der Waals surface area contributed by atoms with E-state index in [0.717, 1.165) is 0 Å². The molecule has 0 aliphatic heterocycles. The van der Waals surface area contributed by atoms with E-state index in [1.807, 2.05) is 6.92 Å². The van der Waals surface area contributed by atoms with Gasteiger partial charge in [-0.25, -0.2) is 8.78 Å². The molecule has 0 saturated heterocycles. The van der Waals surface area contributed by atoms with Gasteiger partial charge in [-0.3, -0.25) is 0 Å². The zero-order chi connectivity index (χ0) is 14.4. The van der Waals surface area contributed by atoms with Crippen molar-refractivity contribution in [3.8, 4) is 0 Å². The Balaban J connectivity index is 2.45. The van der Waals surface area contributed by atoms with Crippen molar-refractivity contribution in [2.75, 3.05) is 19.8 Å². The normalized spacial score (nSPS) is 13.0. The molecule has 0 aromatic heterocycles. The van der Waals surface area contributed by atoms with Crippen molar-refractivity contribution in [2.24, 2.45) is 5.92 Å². The summed E-state index contributed by atoms with van der Waals surface area (Å²) in [6.45, 7) is 9.43. The lowest BCUT2D eigenvalue weighted by molar-refractivity contribution is 0.110. The number of nitrogens with one attached hydrogen (secondary N) is 1. The molecule has 1 aromatic rings. The van der Waals surface area contributed by atoms with Gasteiger partial charge in [0.1, 0.15) is 11.6 Å². The highest BCUT2D eigenvalue weighted by molar-refractivity contribution is 5.27. The highest BCUT2D eigenvalue weighted by atomic mass is 19.1. The molecule has 0 amide bonds. The van der Waals surface area contributed by atoms with E-state index in [0.29, 0.717) is 36.8 Å². The summed E-state index contributed by atoms with van der Waals surface area (Å²) in [4.78, 5) is 0. The monoisotopic (exact) mass is 271 g/mol. The van der Waals surface area contributed by atoms with E-state index in [1.165, 1.54) is 12.1 Å². The Hall–Kier alpha value is -1.00. The molecular weight excluding hydrogens is 248 g/mol. The molecule has 0 radical (unpaired) electrons. The first-order chi connectivity index (χ1) is 8.91. The lowest BCUT2D eigenvalue weighted by atomic mass is 10.1. The summed E-state index contributed by atoms with van der Waals surface area (Å²) in [6, 6.07) is 2.26. The Morgan fingerprint density at radius 2 is 1.84 bits per heavy atom. The summed E-state index contributed by atoms with van der Waals surface area (Å²) in [5.41, 5.74) is 0.681. The minimum absolute atomic E-state index is 0.238. The molecule has 1 aromatic carbocycles. The van der Waals surface area contributed by atoms with Crippen LogP contribution in [0.2, 0.25) is 0 Å². The van der Waals surface area contributed by atoms with Crippen LogP contribution in [0.1, 0.15) is 37.9 Å². The van der Waals surface area contributed by atoms with Crippen molar-refractivity contribution in [1.82, 2.24) is 5.32 Å². The van der Waals surface area contributed by atoms with E-state index >= 15 is 0 Å². The second-order valence-electron chi connectivity index (χ2n) is 5.27. The van der Waals surface area contributed by atoms with Gasteiger partial charge in [-0.05, 0) is 37.5 Å². The number of aryl methyl sites for hydroxylation is 1. The molecule has 4 heteroatoms. The van der Waals surface area contributed by atoms with Crippen LogP contribution in [0.5, 0.6) is 0 Å². The largest absolute Gasteiger partial charge is 0.380 e. The van der Waals surface area contributed by atoms with Crippen LogP contribution in [0, 0.1) is 24.5 Å². The maximum atomic E-state index is 13.7. The number of rotatable bonds is 7. The average Bonchev–Trinajstić information content (AvgIpc) is 2.32. The summed E-state index contributed by atoms with van der Waals surface area (Å²) in [7, 11) is 0. The van der Waals surface area contributed by atoms with E-state index < -0.39 is 0 Å². The Labute approximate surface area is 114 Å². The Bertz CT molecular complexity index is 407. The second kappa shape index (κ2) is 7.56. The fraction of sp³-hybridized carbons (Fsp3) is 0.600. The number of hydrogen-bond acceptors (Lipinski definition) is 2. The predicted octanol–water partition coefficient (Wildman–Crippen LogP) is 3.60. The van der Waals surface area contributed by atoms with E-state index in [1.54, 1.807) is 6.92 Å². The Kier molecular flexibility index (Phi) is 6.38. The maximum Gasteiger partial charge on any atom is 0.128 e. The van der Waals surface area contributed by atoms with Crippen LogP contribution in [-0.2, 0) is 4.74 Å². The van der Waals surface area contributed by atoms with Crippen molar-refractivity contribution < 1.29 is 13.5 Å². The first-order valence-corrected chi connectivity index (χ1v) is 6.68. The van der Waals surface area contributed by atoms with Crippen LogP contribution >= 0.6 is 0 Å². The highest BCUT2D eigenvalue weighted by Gasteiger charge is 2.13. The van der Waals surface area contributed by atoms with Gasteiger partial charge in [0.2, 0.25) is 0 Å². The van der Waals surface area contributed by atoms with Gasteiger partial charge in [0.25, 0.3) is 0 Å². The summed E-state index contributed by atoms with van der Waals surface area (Å²) < 4.78 is 32.6. The zero-order valence-electron chi connectivity index (χ0n) is 12.1. The van der Waals surface area contributed by atoms with Crippen molar-refractivity contribution in [3.63, 3.8) is 0 Å². The Morgan fingerprint density at radius 1 is 1.16 bits per heavy atom. The van der Waals surface area contributed by atoms with Crippen LogP contribution in [0.4, 0.5) is 8.78 Å². The summed E-state index contributed by atoms with van der Waals surface area (Å²) in [5, 5.41) is 3.13. The minimum Gasteiger partial charge on any atom is -0.380 e. The van der Waals surface area contributed by atoms with Crippen molar-refractivity contribution in [2.45, 2.75) is 33.7 Å². The molecule has 0 saturated carbocycles. The maximum absolute atomic E-state index is 13.7. The second-order valence-corrected chi connectivity index (χ2v) is 5.27. The predicted molar refractivity (Wildman–Crippen MR) is 73.2 cm³/mol. The molecule has 2 nitrogen and oxygen atoms in total. The van der Waals surface area contributed by atoms with Gasteiger partial charge in [-0.15, -0.1) is 0 Å². The number of benzene rings is 1. The van der Waals surface area contributed by atoms with Gasteiger partial charge < -0.3 is 10.1 Å². The molecule has 0 fully saturated rings. The number of ether oxygens (including phenoxy) is 1. The topological polar surface area (TPSA) is 21.3 Å². The summed E-state index contributed by atoms with van der Waals surface area (Å²) in [5.74, 6) is -0.246. The van der Waals surface area contributed by atoms with Gasteiger partial charge >= 0.3 is 0 Å². The number of hydrogen-bond donors (Lipinski definition) is 1. The molecule has 1 unspecified atom stereocenters. The van der Waals surface area contributed by atoms with E-state index in [2.05, 4.69) is 19.2 Å². The third kappa shape index (κ3) is 5.25. The molecule has 0 spiro atoms. The fourth-order valence-corrected chi connectivity index (χ4v) is 1.77. The molecular formula is C15H23F2NO. The van der Waals surface area contributed by atoms with Crippen LogP contribution < -0.4 is 5.32 Å². The molecule has 0 aliphatic carbocycles. The molecule has 0 aliphatic rings. The van der Waals surface area contributed by atoms with Crippen molar-refractivity contribution in [3.05, 3.63) is 34.9 Å². The van der Waals surface area contributed by atoms with Crippen LogP contribution in [0.3, 0.4) is 0 Å². The third-order valence-electron chi connectivity index (χ3n) is 2.89. The molecule has 1 atom stereocenters. The first-order valence-electron chi connectivity index (χ1n) is 6.68. The Morgan fingerprint density at radius 3 is 2.47 bits per heavy atom. The van der Waals surface area contributed by atoms with E-state index in [-0.39, 0.29) is 17.7 Å².